The van der Waals surface area contributed by atoms with E-state index < -0.39 is 0 Å². The maximum absolute atomic E-state index is 5.97. The minimum atomic E-state index is 0.405. The van der Waals surface area contributed by atoms with Gasteiger partial charge in [0.2, 0.25) is 0 Å². The standard InChI is InChI=1S/C26H24N4O4/c1-31-10-11-33-26-13-21-22(14-25(26)32-2)29-27-16-24(21)30-23-9-8-20(12-19(23)15-28-30)34-17-18-6-4-3-5-7-18/h3-9,12-16H,10-11,17H2,1-2H3. The molecule has 0 radical (unpaired) electrons. The lowest BCUT2D eigenvalue weighted by molar-refractivity contribution is 0.144. The van der Waals surface area contributed by atoms with Gasteiger partial charge in [0.05, 0.1) is 42.8 Å². The van der Waals surface area contributed by atoms with Crippen LogP contribution in [-0.4, -0.2) is 47.4 Å². The zero-order valence-electron chi connectivity index (χ0n) is 19.0. The highest BCUT2D eigenvalue weighted by atomic mass is 16.5. The van der Waals surface area contributed by atoms with E-state index in [1.165, 1.54) is 0 Å². The topological polar surface area (TPSA) is 80.5 Å². The maximum Gasteiger partial charge on any atom is 0.163 e. The second-order valence-corrected chi connectivity index (χ2v) is 7.64. The van der Waals surface area contributed by atoms with Crippen LogP contribution in [0.4, 0.5) is 0 Å². The first-order valence-corrected chi connectivity index (χ1v) is 10.9. The molecule has 0 aliphatic rings. The van der Waals surface area contributed by atoms with Gasteiger partial charge in [0.15, 0.2) is 11.5 Å². The summed E-state index contributed by atoms with van der Waals surface area (Å²) in [6.45, 7) is 1.39. The number of fused-ring (bicyclic) bond motifs is 2. The van der Waals surface area contributed by atoms with Gasteiger partial charge in [0.25, 0.3) is 0 Å². The molecule has 2 heterocycles. The average Bonchev–Trinajstić information content (AvgIpc) is 3.30. The Kier molecular flexibility index (Phi) is 6.22. The van der Waals surface area contributed by atoms with Gasteiger partial charge < -0.3 is 18.9 Å². The zero-order chi connectivity index (χ0) is 23.3. The molecule has 0 aliphatic carbocycles. The van der Waals surface area contributed by atoms with Crippen LogP contribution in [0.25, 0.3) is 27.5 Å². The molecule has 0 aliphatic heterocycles. The quantitative estimate of drug-likeness (QED) is 0.300. The molecular formula is C26H24N4O4. The van der Waals surface area contributed by atoms with E-state index in [1.807, 2.05) is 71.5 Å². The number of ether oxygens (including phenoxy) is 4. The number of rotatable bonds is 9. The normalized spacial score (nSPS) is 11.1. The lowest BCUT2D eigenvalue weighted by Crippen LogP contribution is -2.06. The Labute approximate surface area is 196 Å². The summed E-state index contributed by atoms with van der Waals surface area (Å²) in [4.78, 5) is 0. The molecule has 0 bridgehead atoms. The second-order valence-electron chi connectivity index (χ2n) is 7.64. The number of benzene rings is 3. The lowest BCUT2D eigenvalue weighted by atomic mass is 10.1. The number of nitrogens with zero attached hydrogens (tertiary/aromatic N) is 4. The van der Waals surface area contributed by atoms with E-state index in [0.29, 0.717) is 36.8 Å². The fourth-order valence-corrected chi connectivity index (χ4v) is 3.76. The van der Waals surface area contributed by atoms with Crippen molar-refractivity contribution in [2.75, 3.05) is 27.4 Å². The third-order valence-corrected chi connectivity index (χ3v) is 5.46. The fraction of sp³-hybridized carbons (Fsp3) is 0.192. The highest BCUT2D eigenvalue weighted by Gasteiger charge is 2.15. The highest BCUT2D eigenvalue weighted by molar-refractivity contribution is 5.92. The predicted molar refractivity (Wildman–Crippen MR) is 129 cm³/mol. The van der Waals surface area contributed by atoms with Crippen LogP contribution in [0.3, 0.4) is 0 Å². The number of hydrogen-bond acceptors (Lipinski definition) is 7. The Hall–Kier alpha value is -4.17. The lowest BCUT2D eigenvalue weighted by Gasteiger charge is -2.13. The molecule has 34 heavy (non-hydrogen) atoms. The van der Waals surface area contributed by atoms with Crippen molar-refractivity contribution in [1.82, 2.24) is 20.0 Å². The third kappa shape index (κ3) is 4.35. The van der Waals surface area contributed by atoms with Gasteiger partial charge in [0, 0.05) is 23.9 Å². The molecule has 0 fully saturated rings. The van der Waals surface area contributed by atoms with Crippen LogP contribution in [0.1, 0.15) is 5.56 Å². The van der Waals surface area contributed by atoms with Gasteiger partial charge in [-0.25, -0.2) is 4.68 Å². The molecule has 5 rings (SSSR count). The Bertz CT molecular complexity index is 1420. The van der Waals surface area contributed by atoms with E-state index in [9.17, 15) is 0 Å². The van der Waals surface area contributed by atoms with Crippen molar-refractivity contribution < 1.29 is 18.9 Å². The van der Waals surface area contributed by atoms with Crippen LogP contribution >= 0.6 is 0 Å². The van der Waals surface area contributed by atoms with E-state index in [1.54, 1.807) is 20.4 Å². The average molecular weight is 457 g/mol. The molecule has 172 valence electrons. The summed E-state index contributed by atoms with van der Waals surface area (Å²) in [5.41, 5.74) is 3.52. The first kappa shape index (κ1) is 21.7. The minimum Gasteiger partial charge on any atom is -0.493 e. The van der Waals surface area contributed by atoms with Crippen LogP contribution in [0.15, 0.2) is 73.1 Å². The van der Waals surface area contributed by atoms with Gasteiger partial charge in [-0.05, 0) is 29.8 Å². The molecule has 0 N–H and O–H groups in total. The van der Waals surface area contributed by atoms with Crippen LogP contribution < -0.4 is 14.2 Å². The molecule has 2 aromatic heterocycles. The van der Waals surface area contributed by atoms with E-state index in [4.69, 9.17) is 18.9 Å². The van der Waals surface area contributed by atoms with Crippen molar-refractivity contribution in [3.8, 4) is 22.9 Å². The first-order valence-electron chi connectivity index (χ1n) is 10.9. The highest BCUT2D eigenvalue weighted by Crippen LogP contribution is 2.34. The fourth-order valence-electron chi connectivity index (χ4n) is 3.76. The van der Waals surface area contributed by atoms with Crippen LogP contribution in [0.5, 0.6) is 17.2 Å². The van der Waals surface area contributed by atoms with Crippen LogP contribution in [0.2, 0.25) is 0 Å². The van der Waals surface area contributed by atoms with Gasteiger partial charge in [-0.2, -0.15) is 15.3 Å². The molecule has 0 amide bonds. The predicted octanol–water partition coefficient (Wildman–Crippen LogP) is 4.58. The molecule has 0 atom stereocenters. The Balaban J connectivity index is 1.49. The molecule has 0 spiro atoms. The van der Waals surface area contributed by atoms with Gasteiger partial charge in [-0.15, -0.1) is 0 Å². The summed E-state index contributed by atoms with van der Waals surface area (Å²) in [5.74, 6) is 1.97. The van der Waals surface area contributed by atoms with Crippen molar-refractivity contribution in [2.24, 2.45) is 0 Å². The van der Waals surface area contributed by atoms with E-state index in [0.717, 1.165) is 33.3 Å². The number of methoxy groups -OCH3 is 2. The maximum atomic E-state index is 5.97. The summed E-state index contributed by atoms with van der Waals surface area (Å²) in [6, 6.07) is 19.7. The Morgan fingerprint density at radius 3 is 2.56 bits per heavy atom. The van der Waals surface area contributed by atoms with Crippen LogP contribution in [0, 0.1) is 0 Å². The van der Waals surface area contributed by atoms with Gasteiger partial charge in [0.1, 0.15) is 19.0 Å². The molecule has 0 saturated carbocycles. The summed E-state index contributed by atoms with van der Waals surface area (Å²) in [7, 11) is 3.23. The zero-order valence-corrected chi connectivity index (χ0v) is 19.0. The summed E-state index contributed by atoms with van der Waals surface area (Å²) >= 11 is 0. The molecule has 8 heteroatoms. The molecule has 3 aromatic carbocycles. The van der Waals surface area contributed by atoms with E-state index in [2.05, 4.69) is 15.3 Å². The molecule has 0 saturated heterocycles. The summed E-state index contributed by atoms with van der Waals surface area (Å²) < 4.78 is 24.3. The molecule has 5 aromatic rings. The minimum absolute atomic E-state index is 0.405. The number of hydrogen-bond donors (Lipinski definition) is 0. The summed E-state index contributed by atoms with van der Waals surface area (Å²) in [6.07, 6.45) is 3.51. The largest absolute Gasteiger partial charge is 0.493 e. The van der Waals surface area contributed by atoms with Crippen molar-refractivity contribution >= 4 is 21.8 Å². The van der Waals surface area contributed by atoms with Crippen molar-refractivity contribution in [3.63, 3.8) is 0 Å². The van der Waals surface area contributed by atoms with E-state index >= 15 is 0 Å². The van der Waals surface area contributed by atoms with Gasteiger partial charge in [-0.3, -0.25) is 0 Å². The molecular weight excluding hydrogens is 432 g/mol. The van der Waals surface area contributed by atoms with Crippen molar-refractivity contribution in [3.05, 3.63) is 78.6 Å². The Morgan fingerprint density at radius 1 is 0.853 bits per heavy atom. The van der Waals surface area contributed by atoms with Crippen LogP contribution in [-0.2, 0) is 11.3 Å². The number of aromatic nitrogens is 4. The molecule has 0 unspecified atom stereocenters. The Morgan fingerprint density at radius 2 is 1.74 bits per heavy atom. The molecule has 8 nitrogen and oxygen atoms in total. The van der Waals surface area contributed by atoms with Crippen molar-refractivity contribution in [1.29, 1.82) is 0 Å². The van der Waals surface area contributed by atoms with Crippen molar-refractivity contribution in [2.45, 2.75) is 6.61 Å². The first-order chi connectivity index (χ1) is 16.8. The third-order valence-electron chi connectivity index (χ3n) is 5.46. The summed E-state index contributed by atoms with van der Waals surface area (Å²) in [5, 5.41) is 14.9. The SMILES string of the molecule is COCCOc1cc2c(-n3ncc4cc(OCc5ccccc5)ccc43)cnnc2cc1OC. The van der Waals surface area contributed by atoms with Gasteiger partial charge in [-0.1, -0.05) is 30.3 Å². The smallest absolute Gasteiger partial charge is 0.163 e. The van der Waals surface area contributed by atoms with Gasteiger partial charge >= 0.3 is 0 Å². The second kappa shape index (κ2) is 9.76. The van der Waals surface area contributed by atoms with E-state index in [-0.39, 0.29) is 0 Å². The monoisotopic (exact) mass is 456 g/mol.